The van der Waals surface area contributed by atoms with Gasteiger partial charge in [-0.15, -0.1) is 16.4 Å². The van der Waals surface area contributed by atoms with E-state index in [1.165, 1.54) is 7.11 Å². The number of nitrogens with zero attached hydrogens (tertiary/aromatic N) is 5. The molecule has 2 aromatic heterocycles. The van der Waals surface area contributed by atoms with Crippen molar-refractivity contribution in [1.82, 2.24) is 20.2 Å². The highest BCUT2D eigenvalue weighted by Gasteiger charge is 2.19. The van der Waals surface area contributed by atoms with E-state index in [4.69, 9.17) is 24.2 Å². The number of esters is 1. The molecule has 0 spiro atoms. The van der Waals surface area contributed by atoms with Crippen molar-refractivity contribution in [3.05, 3.63) is 53.7 Å². The van der Waals surface area contributed by atoms with E-state index in [9.17, 15) is 4.79 Å². The first kappa shape index (κ1) is 22.4. The van der Waals surface area contributed by atoms with E-state index >= 15 is 0 Å². The first-order valence-corrected chi connectivity index (χ1v) is 11.0. The topological polar surface area (TPSA) is 99.6 Å². The SMILES string of the molecule is COC(=O)CCN(Cc1nc2ccccc2s1)c1nncc(-c2c(OC)cccc2OC)n1. The van der Waals surface area contributed by atoms with Gasteiger partial charge in [0.2, 0.25) is 5.95 Å². The summed E-state index contributed by atoms with van der Waals surface area (Å²) in [6.07, 6.45) is 1.73. The molecule has 0 aliphatic heterocycles. The average molecular weight is 466 g/mol. The van der Waals surface area contributed by atoms with Crippen LogP contribution in [0, 0.1) is 0 Å². The van der Waals surface area contributed by atoms with E-state index in [0.717, 1.165) is 15.2 Å². The minimum Gasteiger partial charge on any atom is -0.496 e. The normalized spacial score (nSPS) is 10.8. The highest BCUT2D eigenvalue weighted by molar-refractivity contribution is 7.18. The van der Waals surface area contributed by atoms with E-state index in [-0.39, 0.29) is 12.4 Å². The Morgan fingerprint density at radius 1 is 1.00 bits per heavy atom. The Labute approximate surface area is 195 Å². The summed E-state index contributed by atoms with van der Waals surface area (Å²) in [4.78, 5) is 23.1. The van der Waals surface area contributed by atoms with Gasteiger partial charge in [-0.3, -0.25) is 4.79 Å². The number of carbonyl (C=O) groups excluding carboxylic acids is 1. The Balaban J connectivity index is 1.71. The van der Waals surface area contributed by atoms with Gasteiger partial charge >= 0.3 is 5.97 Å². The van der Waals surface area contributed by atoms with E-state index in [0.29, 0.717) is 41.8 Å². The number of ether oxygens (including phenoxy) is 3. The smallest absolute Gasteiger partial charge is 0.307 e. The molecule has 0 saturated heterocycles. The quantitative estimate of drug-likeness (QED) is 0.342. The number of carbonyl (C=O) groups is 1. The molecule has 33 heavy (non-hydrogen) atoms. The van der Waals surface area contributed by atoms with Crippen LogP contribution in [-0.2, 0) is 16.1 Å². The largest absolute Gasteiger partial charge is 0.496 e. The van der Waals surface area contributed by atoms with Gasteiger partial charge in [0, 0.05) is 6.54 Å². The molecule has 0 aliphatic rings. The second kappa shape index (κ2) is 10.2. The molecule has 0 fully saturated rings. The van der Waals surface area contributed by atoms with Crippen LogP contribution in [0.15, 0.2) is 48.7 Å². The van der Waals surface area contributed by atoms with Gasteiger partial charge in [0.05, 0.1) is 56.3 Å². The predicted molar refractivity (Wildman–Crippen MR) is 126 cm³/mol. The molecule has 2 aromatic carbocycles. The highest BCUT2D eigenvalue weighted by Crippen LogP contribution is 2.37. The molecule has 0 N–H and O–H groups in total. The number of methoxy groups -OCH3 is 3. The van der Waals surface area contributed by atoms with E-state index < -0.39 is 0 Å². The van der Waals surface area contributed by atoms with Crippen molar-refractivity contribution in [1.29, 1.82) is 0 Å². The van der Waals surface area contributed by atoms with Crippen molar-refractivity contribution in [3.8, 4) is 22.8 Å². The zero-order valence-electron chi connectivity index (χ0n) is 18.5. The number of hydrogen-bond donors (Lipinski definition) is 0. The number of fused-ring (bicyclic) bond motifs is 1. The molecule has 9 nitrogen and oxygen atoms in total. The third-order valence-electron chi connectivity index (χ3n) is 4.99. The van der Waals surface area contributed by atoms with Gasteiger partial charge in [-0.2, -0.15) is 5.10 Å². The number of rotatable bonds is 9. The Hall–Kier alpha value is -3.79. The molecule has 0 amide bonds. The molecule has 0 atom stereocenters. The summed E-state index contributed by atoms with van der Waals surface area (Å²) < 4.78 is 16.9. The molecule has 0 radical (unpaired) electrons. The van der Waals surface area contributed by atoms with Crippen LogP contribution in [0.4, 0.5) is 5.95 Å². The molecule has 4 rings (SSSR count). The summed E-state index contributed by atoms with van der Waals surface area (Å²) in [5.74, 6) is 1.25. The maximum atomic E-state index is 11.8. The van der Waals surface area contributed by atoms with Gasteiger partial charge in [0.25, 0.3) is 0 Å². The third kappa shape index (κ3) is 5.01. The van der Waals surface area contributed by atoms with Crippen LogP contribution in [0.1, 0.15) is 11.4 Å². The summed E-state index contributed by atoms with van der Waals surface area (Å²) in [5, 5.41) is 9.28. The molecule has 0 unspecified atom stereocenters. The Kier molecular flexibility index (Phi) is 6.94. The lowest BCUT2D eigenvalue weighted by Gasteiger charge is -2.21. The fourth-order valence-corrected chi connectivity index (χ4v) is 4.36. The Bertz CT molecular complexity index is 1210. The van der Waals surface area contributed by atoms with Gasteiger partial charge < -0.3 is 19.1 Å². The van der Waals surface area contributed by atoms with E-state index in [1.807, 2.05) is 47.4 Å². The Morgan fingerprint density at radius 2 is 1.76 bits per heavy atom. The number of para-hydroxylation sites is 1. The molecule has 2 heterocycles. The fourth-order valence-electron chi connectivity index (χ4n) is 3.38. The molecule has 170 valence electrons. The summed E-state index contributed by atoms with van der Waals surface area (Å²) in [6, 6.07) is 13.4. The lowest BCUT2D eigenvalue weighted by Crippen LogP contribution is -2.28. The van der Waals surface area contributed by atoms with Gasteiger partial charge in [-0.05, 0) is 24.3 Å². The molecule has 4 aromatic rings. The van der Waals surface area contributed by atoms with E-state index in [2.05, 4.69) is 10.2 Å². The maximum Gasteiger partial charge on any atom is 0.307 e. The maximum absolute atomic E-state index is 11.8. The van der Waals surface area contributed by atoms with Crippen molar-refractivity contribution in [2.75, 3.05) is 32.8 Å². The average Bonchev–Trinajstić information content (AvgIpc) is 3.28. The number of benzene rings is 2. The van der Waals surface area contributed by atoms with Crippen LogP contribution < -0.4 is 14.4 Å². The van der Waals surface area contributed by atoms with Gasteiger partial charge in [-0.25, -0.2) is 9.97 Å². The highest BCUT2D eigenvalue weighted by atomic mass is 32.1. The lowest BCUT2D eigenvalue weighted by atomic mass is 10.1. The standard InChI is InChI=1S/C23H23N5O4S/c1-30-17-8-6-9-18(31-2)22(17)16-13-24-27-23(26-16)28(12-11-21(29)32-3)14-20-25-15-7-4-5-10-19(15)33-20/h4-10,13H,11-12,14H2,1-3H3. The molecule has 0 saturated carbocycles. The molecule has 10 heteroatoms. The monoisotopic (exact) mass is 465 g/mol. The van der Waals surface area contributed by atoms with Crippen LogP contribution in [0.2, 0.25) is 0 Å². The van der Waals surface area contributed by atoms with Crippen LogP contribution in [0.5, 0.6) is 11.5 Å². The van der Waals surface area contributed by atoms with Gasteiger partial charge in [0.1, 0.15) is 22.2 Å². The van der Waals surface area contributed by atoms with Gasteiger partial charge in [-0.1, -0.05) is 18.2 Å². The first-order valence-electron chi connectivity index (χ1n) is 10.2. The summed E-state index contributed by atoms with van der Waals surface area (Å²) in [5.41, 5.74) is 2.14. The second-order valence-corrected chi connectivity index (χ2v) is 8.12. The van der Waals surface area contributed by atoms with Crippen LogP contribution in [0.3, 0.4) is 0 Å². The van der Waals surface area contributed by atoms with Gasteiger partial charge in [0.15, 0.2) is 0 Å². The third-order valence-corrected chi connectivity index (χ3v) is 6.01. The van der Waals surface area contributed by atoms with Crippen LogP contribution >= 0.6 is 11.3 Å². The number of anilines is 1. The minimum absolute atomic E-state index is 0.174. The van der Waals surface area contributed by atoms with Crippen molar-refractivity contribution in [2.24, 2.45) is 0 Å². The zero-order chi connectivity index (χ0) is 23.2. The summed E-state index contributed by atoms with van der Waals surface area (Å²) in [7, 11) is 4.54. The summed E-state index contributed by atoms with van der Waals surface area (Å²) in [6.45, 7) is 0.765. The molecule has 0 aliphatic carbocycles. The number of thiazole rings is 1. The van der Waals surface area contributed by atoms with E-state index in [1.54, 1.807) is 31.8 Å². The van der Waals surface area contributed by atoms with Crippen molar-refractivity contribution < 1.29 is 19.0 Å². The first-order chi connectivity index (χ1) is 16.1. The zero-order valence-corrected chi connectivity index (χ0v) is 19.3. The lowest BCUT2D eigenvalue weighted by molar-refractivity contribution is -0.140. The Morgan fingerprint density at radius 3 is 2.45 bits per heavy atom. The van der Waals surface area contributed by atoms with Crippen molar-refractivity contribution >= 4 is 33.5 Å². The second-order valence-electron chi connectivity index (χ2n) is 7.00. The number of hydrogen-bond acceptors (Lipinski definition) is 10. The van der Waals surface area contributed by atoms with Crippen molar-refractivity contribution in [2.45, 2.75) is 13.0 Å². The minimum atomic E-state index is -0.320. The molecular formula is C23H23N5O4S. The molecular weight excluding hydrogens is 442 g/mol. The van der Waals surface area contributed by atoms with Crippen molar-refractivity contribution in [3.63, 3.8) is 0 Å². The summed E-state index contributed by atoms with van der Waals surface area (Å²) >= 11 is 1.59. The number of aromatic nitrogens is 4. The predicted octanol–water partition coefficient (Wildman–Crippen LogP) is 3.74. The van der Waals surface area contributed by atoms with Crippen LogP contribution in [-0.4, -0.2) is 54.0 Å². The van der Waals surface area contributed by atoms with Crippen LogP contribution in [0.25, 0.3) is 21.5 Å². The fraction of sp³-hybridized carbons (Fsp3) is 0.261. The molecule has 0 bridgehead atoms.